The summed E-state index contributed by atoms with van der Waals surface area (Å²) in [5.74, 6) is 0.904. The maximum Gasteiger partial charge on any atom is 0.134 e. The summed E-state index contributed by atoms with van der Waals surface area (Å²) in [5, 5.41) is 8.54. The maximum atomic E-state index is 4.24. The summed E-state index contributed by atoms with van der Waals surface area (Å²) in [6.07, 6.45) is 5.48. The molecule has 112 valence electrons. The van der Waals surface area contributed by atoms with Crippen molar-refractivity contribution < 1.29 is 0 Å². The van der Waals surface area contributed by atoms with Gasteiger partial charge in [0.15, 0.2) is 0 Å². The first kappa shape index (κ1) is 14.2. The lowest BCUT2D eigenvalue weighted by molar-refractivity contribution is 0.148. The lowest BCUT2D eigenvalue weighted by Gasteiger charge is -2.33. The zero-order valence-electron chi connectivity index (χ0n) is 12.3. The molecule has 0 spiro atoms. The number of hydrogen-bond acceptors (Lipinski definition) is 6. The number of nitrogens with zero attached hydrogens (tertiary/aromatic N) is 4. The van der Waals surface area contributed by atoms with Gasteiger partial charge in [-0.1, -0.05) is 4.49 Å². The molecule has 2 fully saturated rings. The zero-order chi connectivity index (χ0) is 13.8. The highest BCUT2D eigenvalue weighted by Crippen LogP contribution is 2.24. The van der Waals surface area contributed by atoms with Crippen LogP contribution in [0.1, 0.15) is 31.4 Å². The van der Waals surface area contributed by atoms with Crippen molar-refractivity contribution in [1.82, 2.24) is 19.4 Å². The van der Waals surface area contributed by atoms with Gasteiger partial charge in [0.05, 0.1) is 0 Å². The van der Waals surface area contributed by atoms with Crippen LogP contribution in [-0.4, -0.2) is 59.2 Å². The predicted octanol–water partition coefficient (Wildman–Crippen LogP) is 1.89. The summed E-state index contributed by atoms with van der Waals surface area (Å²) >= 11 is 1.45. The summed E-state index contributed by atoms with van der Waals surface area (Å²) < 4.78 is 4.04. The minimum atomic E-state index is 0.904. The Morgan fingerprint density at radius 2 is 1.90 bits per heavy atom. The van der Waals surface area contributed by atoms with E-state index in [0.29, 0.717) is 0 Å². The van der Waals surface area contributed by atoms with Gasteiger partial charge in [-0.05, 0) is 57.8 Å². The average molecular weight is 295 g/mol. The highest BCUT2D eigenvalue weighted by molar-refractivity contribution is 7.10. The maximum absolute atomic E-state index is 4.24. The van der Waals surface area contributed by atoms with Gasteiger partial charge in [-0.2, -0.15) is 0 Å². The molecule has 0 radical (unpaired) electrons. The van der Waals surface area contributed by atoms with E-state index in [1.165, 1.54) is 69.9 Å². The van der Waals surface area contributed by atoms with Gasteiger partial charge >= 0.3 is 0 Å². The molecule has 6 heteroatoms. The second kappa shape index (κ2) is 6.83. The molecule has 0 aromatic carbocycles. The number of rotatable bonds is 5. The summed E-state index contributed by atoms with van der Waals surface area (Å²) in [6.45, 7) is 7.35. The van der Waals surface area contributed by atoms with E-state index in [1.807, 2.05) is 7.05 Å². The Morgan fingerprint density at radius 3 is 2.60 bits per heavy atom. The second-order valence-corrected chi connectivity index (χ2v) is 6.78. The fourth-order valence-corrected chi connectivity index (χ4v) is 3.89. The molecule has 1 aromatic heterocycles. The lowest BCUT2D eigenvalue weighted by Crippen LogP contribution is -2.37. The number of aromatic nitrogens is 2. The Kier molecular flexibility index (Phi) is 4.86. The minimum absolute atomic E-state index is 0.904. The van der Waals surface area contributed by atoms with Crippen LogP contribution in [0.3, 0.4) is 0 Å². The van der Waals surface area contributed by atoms with Crippen molar-refractivity contribution in [3.05, 3.63) is 5.69 Å². The molecule has 2 aliphatic rings. The van der Waals surface area contributed by atoms with Crippen LogP contribution in [0.4, 0.5) is 5.00 Å². The molecule has 0 unspecified atom stereocenters. The second-order valence-electron chi connectivity index (χ2n) is 6.03. The van der Waals surface area contributed by atoms with Crippen molar-refractivity contribution in [3.63, 3.8) is 0 Å². The van der Waals surface area contributed by atoms with E-state index in [0.717, 1.165) is 23.2 Å². The van der Waals surface area contributed by atoms with Gasteiger partial charge in [0, 0.05) is 31.7 Å². The molecule has 0 amide bonds. The summed E-state index contributed by atoms with van der Waals surface area (Å²) in [7, 11) is 1.95. The Hall–Kier alpha value is -0.720. The molecule has 3 rings (SSSR count). The van der Waals surface area contributed by atoms with Crippen LogP contribution < -0.4 is 5.32 Å². The molecular weight excluding hydrogens is 270 g/mol. The van der Waals surface area contributed by atoms with E-state index in [1.54, 1.807) is 0 Å². The quantitative estimate of drug-likeness (QED) is 0.898. The topological polar surface area (TPSA) is 44.3 Å². The van der Waals surface area contributed by atoms with Crippen LogP contribution in [0.25, 0.3) is 0 Å². The highest BCUT2D eigenvalue weighted by atomic mass is 32.1. The molecule has 5 nitrogen and oxygen atoms in total. The third-order valence-corrected chi connectivity index (χ3v) is 5.36. The van der Waals surface area contributed by atoms with Gasteiger partial charge in [0.1, 0.15) is 10.7 Å². The number of anilines is 1. The Morgan fingerprint density at radius 1 is 1.15 bits per heavy atom. The normalized spacial score (nSPS) is 22.4. The lowest BCUT2D eigenvalue weighted by atomic mass is 9.96. The molecule has 0 aliphatic carbocycles. The van der Waals surface area contributed by atoms with E-state index in [4.69, 9.17) is 0 Å². The van der Waals surface area contributed by atoms with Crippen LogP contribution in [0.5, 0.6) is 0 Å². The molecule has 1 aromatic rings. The average Bonchev–Trinajstić information content (AvgIpc) is 3.12. The molecule has 0 atom stereocenters. The fourth-order valence-electron chi connectivity index (χ4n) is 3.37. The zero-order valence-corrected chi connectivity index (χ0v) is 13.2. The summed E-state index contributed by atoms with van der Waals surface area (Å²) in [4.78, 5) is 5.18. The van der Waals surface area contributed by atoms with Crippen molar-refractivity contribution in [2.45, 2.75) is 32.2 Å². The molecule has 3 heterocycles. The number of nitrogens with one attached hydrogen (secondary N) is 1. The van der Waals surface area contributed by atoms with Crippen LogP contribution in [0.15, 0.2) is 0 Å². The SMILES string of the molecule is CNc1snnc1CN1CCC(CN2CCCC2)CC1. The monoisotopic (exact) mass is 295 g/mol. The first-order valence-electron chi connectivity index (χ1n) is 7.79. The van der Waals surface area contributed by atoms with Crippen LogP contribution in [0, 0.1) is 5.92 Å². The Labute approximate surface area is 125 Å². The first-order chi connectivity index (χ1) is 9.85. The highest BCUT2D eigenvalue weighted by Gasteiger charge is 2.23. The van der Waals surface area contributed by atoms with E-state index in [2.05, 4.69) is 24.7 Å². The molecular formula is C14H25N5S. The molecule has 0 bridgehead atoms. The summed E-state index contributed by atoms with van der Waals surface area (Å²) in [5.41, 5.74) is 1.11. The predicted molar refractivity (Wildman–Crippen MR) is 83.1 cm³/mol. The van der Waals surface area contributed by atoms with Gasteiger partial charge in [0.25, 0.3) is 0 Å². The van der Waals surface area contributed by atoms with E-state index in [-0.39, 0.29) is 0 Å². The molecule has 1 N–H and O–H groups in total. The minimum Gasteiger partial charge on any atom is -0.377 e. The van der Waals surface area contributed by atoms with Gasteiger partial charge in [-0.15, -0.1) is 5.10 Å². The van der Waals surface area contributed by atoms with Gasteiger partial charge in [0.2, 0.25) is 0 Å². The van der Waals surface area contributed by atoms with E-state index in [9.17, 15) is 0 Å². The van der Waals surface area contributed by atoms with Crippen molar-refractivity contribution in [2.24, 2.45) is 5.92 Å². The van der Waals surface area contributed by atoms with Crippen molar-refractivity contribution in [1.29, 1.82) is 0 Å². The van der Waals surface area contributed by atoms with Crippen LogP contribution in [-0.2, 0) is 6.54 Å². The third-order valence-electron chi connectivity index (χ3n) is 4.58. The van der Waals surface area contributed by atoms with E-state index < -0.39 is 0 Å². The number of hydrogen-bond donors (Lipinski definition) is 1. The summed E-state index contributed by atoms with van der Waals surface area (Å²) in [6, 6.07) is 0. The Balaban J connectivity index is 1.44. The molecule has 0 saturated carbocycles. The molecule has 2 saturated heterocycles. The standard InChI is InChI=1S/C14H25N5S/c1-15-14-13(16-17-20-14)11-19-8-4-12(5-9-19)10-18-6-2-3-7-18/h12,15H,2-11H2,1H3. The van der Waals surface area contributed by atoms with Crippen LogP contribution >= 0.6 is 11.5 Å². The van der Waals surface area contributed by atoms with E-state index >= 15 is 0 Å². The smallest absolute Gasteiger partial charge is 0.134 e. The molecule has 20 heavy (non-hydrogen) atoms. The largest absolute Gasteiger partial charge is 0.377 e. The van der Waals surface area contributed by atoms with Crippen molar-refractivity contribution in [3.8, 4) is 0 Å². The van der Waals surface area contributed by atoms with Crippen LogP contribution in [0.2, 0.25) is 0 Å². The fraction of sp³-hybridized carbons (Fsp3) is 0.857. The molecule has 2 aliphatic heterocycles. The number of likely N-dealkylation sites (tertiary alicyclic amines) is 2. The van der Waals surface area contributed by atoms with Crippen molar-refractivity contribution in [2.75, 3.05) is 45.1 Å². The number of piperidine rings is 1. The van der Waals surface area contributed by atoms with Gasteiger partial charge < -0.3 is 10.2 Å². The van der Waals surface area contributed by atoms with Gasteiger partial charge in [-0.3, -0.25) is 4.90 Å². The van der Waals surface area contributed by atoms with Crippen molar-refractivity contribution >= 4 is 16.5 Å². The first-order valence-corrected chi connectivity index (χ1v) is 8.56. The van der Waals surface area contributed by atoms with Gasteiger partial charge in [-0.25, -0.2) is 0 Å². The Bertz CT molecular complexity index is 407. The third kappa shape index (κ3) is 3.48.